The third-order valence-electron chi connectivity index (χ3n) is 4.90. The van der Waals surface area contributed by atoms with Crippen molar-refractivity contribution in [3.8, 4) is 28.2 Å². The molecule has 32 heavy (non-hydrogen) atoms. The maximum atomic E-state index is 13.1. The van der Waals surface area contributed by atoms with Gasteiger partial charge in [-0.3, -0.25) is 0 Å². The summed E-state index contributed by atoms with van der Waals surface area (Å²) in [5.41, 5.74) is 1.95. The fraction of sp³-hybridized carbons (Fsp3) is 0.120. The van der Waals surface area contributed by atoms with Gasteiger partial charge < -0.3 is 4.74 Å². The molecule has 7 heteroatoms. The monoisotopic (exact) mass is 436 g/mol. The minimum Gasteiger partial charge on any atom is -0.462 e. The van der Waals surface area contributed by atoms with Crippen LogP contribution in [0.5, 0.6) is 0 Å². The molecule has 0 radical (unpaired) electrons. The van der Waals surface area contributed by atoms with Crippen molar-refractivity contribution in [1.29, 1.82) is 0 Å². The van der Waals surface area contributed by atoms with E-state index in [1.807, 2.05) is 60.7 Å². The van der Waals surface area contributed by atoms with Crippen LogP contribution < -0.4 is 0 Å². The van der Waals surface area contributed by atoms with E-state index in [-0.39, 0.29) is 12.2 Å². The van der Waals surface area contributed by atoms with E-state index < -0.39 is 17.7 Å². The van der Waals surface area contributed by atoms with E-state index in [4.69, 9.17) is 9.84 Å². The Hall–Kier alpha value is -3.87. The smallest absolute Gasteiger partial charge is 0.416 e. The molecule has 1 aromatic heterocycles. The van der Waals surface area contributed by atoms with Crippen molar-refractivity contribution < 1.29 is 22.7 Å². The van der Waals surface area contributed by atoms with E-state index in [1.165, 1.54) is 12.1 Å². The molecule has 162 valence electrons. The van der Waals surface area contributed by atoms with Crippen LogP contribution in [0.25, 0.3) is 28.2 Å². The molecule has 0 aliphatic rings. The number of rotatable bonds is 5. The summed E-state index contributed by atoms with van der Waals surface area (Å²) in [6.07, 6.45) is -4.46. The fourth-order valence-corrected chi connectivity index (χ4v) is 3.45. The Labute approximate surface area is 182 Å². The summed E-state index contributed by atoms with van der Waals surface area (Å²) in [4.78, 5) is 13.0. The van der Waals surface area contributed by atoms with Crippen LogP contribution >= 0.6 is 0 Å². The number of hydrogen-bond acceptors (Lipinski definition) is 3. The lowest BCUT2D eigenvalue weighted by Gasteiger charge is -2.12. The Bertz CT molecular complexity index is 1220. The van der Waals surface area contributed by atoms with E-state index in [9.17, 15) is 18.0 Å². The SMILES string of the molecule is CCOC(=O)c1c(-c2ccccc2)nn(-c2ccccc2)c1-c1ccc(C(F)(F)F)cc1. The summed E-state index contributed by atoms with van der Waals surface area (Å²) < 4.78 is 46.2. The Balaban J connectivity index is 2.01. The number of hydrogen-bond donors (Lipinski definition) is 0. The second-order valence-electron chi connectivity index (χ2n) is 6.98. The minimum absolute atomic E-state index is 0.149. The van der Waals surface area contributed by atoms with Gasteiger partial charge in [-0.15, -0.1) is 0 Å². The van der Waals surface area contributed by atoms with E-state index in [0.29, 0.717) is 28.2 Å². The van der Waals surface area contributed by atoms with Crippen LogP contribution in [0.4, 0.5) is 13.2 Å². The lowest BCUT2D eigenvalue weighted by atomic mass is 10.0. The largest absolute Gasteiger partial charge is 0.462 e. The number of para-hydroxylation sites is 1. The van der Waals surface area contributed by atoms with Crippen molar-refractivity contribution in [1.82, 2.24) is 9.78 Å². The Morgan fingerprint density at radius 3 is 2.03 bits per heavy atom. The van der Waals surface area contributed by atoms with E-state index in [2.05, 4.69) is 0 Å². The topological polar surface area (TPSA) is 44.1 Å². The molecular weight excluding hydrogens is 417 g/mol. The second-order valence-corrected chi connectivity index (χ2v) is 6.98. The second kappa shape index (κ2) is 8.70. The van der Waals surface area contributed by atoms with Gasteiger partial charge in [-0.05, 0) is 31.2 Å². The summed E-state index contributed by atoms with van der Waals surface area (Å²) in [7, 11) is 0. The lowest BCUT2D eigenvalue weighted by Crippen LogP contribution is -2.08. The first-order valence-electron chi connectivity index (χ1n) is 9.98. The van der Waals surface area contributed by atoms with E-state index >= 15 is 0 Å². The van der Waals surface area contributed by atoms with Crippen LogP contribution in [-0.4, -0.2) is 22.4 Å². The summed E-state index contributed by atoms with van der Waals surface area (Å²) in [5, 5.41) is 4.70. The van der Waals surface area contributed by atoms with Gasteiger partial charge in [-0.2, -0.15) is 18.3 Å². The molecule has 4 aromatic rings. The predicted molar refractivity (Wildman–Crippen MR) is 115 cm³/mol. The van der Waals surface area contributed by atoms with Crippen molar-refractivity contribution in [2.24, 2.45) is 0 Å². The van der Waals surface area contributed by atoms with Gasteiger partial charge in [0.15, 0.2) is 0 Å². The number of carbonyl (C=O) groups is 1. The highest BCUT2D eigenvalue weighted by molar-refractivity contribution is 6.03. The maximum absolute atomic E-state index is 13.1. The molecule has 1 heterocycles. The highest BCUT2D eigenvalue weighted by Gasteiger charge is 2.31. The first-order valence-corrected chi connectivity index (χ1v) is 9.98. The molecule has 0 saturated heterocycles. The lowest BCUT2D eigenvalue weighted by molar-refractivity contribution is -0.137. The number of carbonyl (C=O) groups excluding carboxylic acids is 1. The van der Waals surface area contributed by atoms with E-state index in [1.54, 1.807) is 11.6 Å². The standard InChI is InChI=1S/C25H19F3N2O2/c1-2-32-24(31)21-22(17-9-5-3-6-10-17)29-30(20-11-7-4-8-12-20)23(21)18-13-15-19(16-14-18)25(26,27)28/h3-16H,2H2,1H3. The molecule has 0 amide bonds. The normalized spacial score (nSPS) is 11.4. The summed E-state index contributed by atoms with van der Waals surface area (Å²) in [6, 6.07) is 22.9. The van der Waals surface area contributed by atoms with Gasteiger partial charge in [0.2, 0.25) is 0 Å². The number of aromatic nitrogens is 2. The van der Waals surface area contributed by atoms with Crippen LogP contribution in [0.15, 0.2) is 84.9 Å². The van der Waals surface area contributed by atoms with Crippen molar-refractivity contribution in [2.45, 2.75) is 13.1 Å². The average Bonchev–Trinajstić information content (AvgIpc) is 3.21. The van der Waals surface area contributed by atoms with E-state index in [0.717, 1.165) is 12.1 Å². The van der Waals surface area contributed by atoms with Crippen LogP contribution in [0, 0.1) is 0 Å². The van der Waals surface area contributed by atoms with Crippen LogP contribution in [0.1, 0.15) is 22.8 Å². The molecule has 0 unspecified atom stereocenters. The molecular formula is C25H19F3N2O2. The first kappa shape index (κ1) is 21.4. The summed E-state index contributed by atoms with van der Waals surface area (Å²) >= 11 is 0. The molecule has 3 aromatic carbocycles. The third-order valence-corrected chi connectivity index (χ3v) is 4.90. The number of nitrogens with zero attached hydrogens (tertiary/aromatic N) is 2. The number of halogens is 3. The van der Waals surface area contributed by atoms with Crippen molar-refractivity contribution in [2.75, 3.05) is 6.61 Å². The Kier molecular flexibility index (Phi) is 5.81. The molecule has 0 aliphatic heterocycles. The van der Waals surface area contributed by atoms with Gasteiger partial charge in [0.05, 0.1) is 23.6 Å². The van der Waals surface area contributed by atoms with Gasteiger partial charge in [-0.1, -0.05) is 60.7 Å². The number of ether oxygens (including phenoxy) is 1. The van der Waals surface area contributed by atoms with Crippen molar-refractivity contribution >= 4 is 5.97 Å². The van der Waals surface area contributed by atoms with Crippen molar-refractivity contribution in [3.05, 3.63) is 96.1 Å². The van der Waals surface area contributed by atoms with Crippen LogP contribution in [-0.2, 0) is 10.9 Å². The number of alkyl halides is 3. The quantitative estimate of drug-likeness (QED) is 0.340. The highest BCUT2D eigenvalue weighted by Crippen LogP contribution is 2.37. The average molecular weight is 436 g/mol. The number of benzene rings is 3. The molecule has 0 saturated carbocycles. The molecule has 0 aliphatic carbocycles. The highest BCUT2D eigenvalue weighted by atomic mass is 19.4. The van der Waals surface area contributed by atoms with Crippen LogP contribution in [0.2, 0.25) is 0 Å². The molecule has 0 spiro atoms. The molecule has 4 rings (SSSR count). The predicted octanol–water partition coefficient (Wildman–Crippen LogP) is 6.40. The van der Waals surface area contributed by atoms with Crippen molar-refractivity contribution in [3.63, 3.8) is 0 Å². The summed E-state index contributed by atoms with van der Waals surface area (Å²) in [6.45, 7) is 1.84. The van der Waals surface area contributed by atoms with Gasteiger partial charge in [-0.25, -0.2) is 9.48 Å². The molecule has 4 nitrogen and oxygen atoms in total. The zero-order valence-electron chi connectivity index (χ0n) is 17.1. The molecule has 0 N–H and O–H groups in total. The molecule has 0 fully saturated rings. The maximum Gasteiger partial charge on any atom is 0.416 e. The Morgan fingerprint density at radius 1 is 0.875 bits per heavy atom. The Morgan fingerprint density at radius 2 is 1.47 bits per heavy atom. The minimum atomic E-state index is -4.46. The molecule has 0 bridgehead atoms. The summed E-state index contributed by atoms with van der Waals surface area (Å²) in [5.74, 6) is -0.594. The fourth-order valence-electron chi connectivity index (χ4n) is 3.45. The first-order chi connectivity index (χ1) is 15.4. The van der Waals surface area contributed by atoms with Gasteiger partial charge in [0, 0.05) is 11.1 Å². The zero-order chi connectivity index (χ0) is 22.7. The zero-order valence-corrected chi connectivity index (χ0v) is 17.1. The van der Waals surface area contributed by atoms with Gasteiger partial charge in [0.25, 0.3) is 0 Å². The van der Waals surface area contributed by atoms with Gasteiger partial charge >= 0.3 is 12.1 Å². The van der Waals surface area contributed by atoms with Crippen LogP contribution in [0.3, 0.4) is 0 Å². The number of esters is 1. The van der Waals surface area contributed by atoms with Gasteiger partial charge in [0.1, 0.15) is 11.3 Å². The third kappa shape index (κ3) is 4.14. The molecule has 0 atom stereocenters.